The number of aromatic amines is 1. The average molecular weight is 263 g/mol. The Hall–Kier alpha value is -2.55. The predicted octanol–water partition coefficient (Wildman–Crippen LogP) is 3.35. The Morgan fingerprint density at radius 2 is 1.90 bits per heavy atom. The van der Waals surface area contributed by atoms with Gasteiger partial charge >= 0.3 is 0 Å². The van der Waals surface area contributed by atoms with E-state index in [1.807, 2.05) is 48.5 Å². The summed E-state index contributed by atoms with van der Waals surface area (Å²) in [5, 5.41) is 0.956. The first kappa shape index (κ1) is 11.3. The van der Waals surface area contributed by atoms with Crippen LogP contribution in [0.25, 0.3) is 10.9 Å². The Kier molecular flexibility index (Phi) is 2.39. The summed E-state index contributed by atoms with van der Waals surface area (Å²) >= 11 is 0. The van der Waals surface area contributed by atoms with E-state index in [1.165, 1.54) is 0 Å². The van der Waals surface area contributed by atoms with E-state index in [0.717, 1.165) is 22.2 Å². The van der Waals surface area contributed by atoms with Crippen molar-refractivity contribution >= 4 is 16.7 Å². The first-order chi connectivity index (χ1) is 9.83. The summed E-state index contributed by atoms with van der Waals surface area (Å²) in [7, 11) is 0. The van der Waals surface area contributed by atoms with Crippen molar-refractivity contribution in [3.8, 4) is 5.75 Å². The number of rotatable bonds is 2. The Bertz CT molecular complexity index is 778. The summed E-state index contributed by atoms with van der Waals surface area (Å²) in [5.41, 5.74) is 2.79. The van der Waals surface area contributed by atoms with Gasteiger partial charge in [-0.3, -0.25) is 4.79 Å². The van der Waals surface area contributed by atoms with Gasteiger partial charge < -0.3 is 9.72 Å². The number of carbonyl (C=O) groups is 1. The molecule has 4 rings (SSSR count). The lowest BCUT2D eigenvalue weighted by Crippen LogP contribution is -2.25. The van der Waals surface area contributed by atoms with Crippen LogP contribution in [-0.2, 0) is 6.42 Å². The molecule has 20 heavy (non-hydrogen) atoms. The highest BCUT2D eigenvalue weighted by Gasteiger charge is 2.30. The zero-order chi connectivity index (χ0) is 13.5. The minimum Gasteiger partial charge on any atom is -0.482 e. The van der Waals surface area contributed by atoms with Crippen LogP contribution in [0.15, 0.2) is 54.7 Å². The lowest BCUT2D eigenvalue weighted by molar-refractivity contribution is 0.0826. The number of ketones is 1. The van der Waals surface area contributed by atoms with Gasteiger partial charge in [0.05, 0.1) is 0 Å². The number of hydrogen-bond donors (Lipinski definition) is 1. The minimum atomic E-state index is -0.411. The fraction of sp³-hybridized carbons (Fsp3) is 0.118. The number of carbonyl (C=O) groups excluding carboxylic acids is 1. The van der Waals surface area contributed by atoms with E-state index in [1.54, 1.807) is 6.20 Å². The van der Waals surface area contributed by atoms with Crippen molar-refractivity contribution in [1.29, 1.82) is 0 Å². The summed E-state index contributed by atoms with van der Waals surface area (Å²) < 4.78 is 5.78. The Labute approximate surface area is 116 Å². The van der Waals surface area contributed by atoms with Gasteiger partial charge in [-0.05, 0) is 17.7 Å². The fourth-order valence-corrected chi connectivity index (χ4v) is 2.78. The van der Waals surface area contributed by atoms with Gasteiger partial charge in [-0.1, -0.05) is 36.4 Å². The smallest absolute Gasteiger partial charge is 0.205 e. The number of Topliss-reactive ketones (excluding diaryl/α,β-unsaturated/α-hetero) is 1. The van der Waals surface area contributed by atoms with Crippen molar-refractivity contribution in [3.05, 3.63) is 65.9 Å². The summed E-state index contributed by atoms with van der Waals surface area (Å²) in [6.45, 7) is 0. The van der Waals surface area contributed by atoms with Gasteiger partial charge in [-0.15, -0.1) is 0 Å². The van der Waals surface area contributed by atoms with Crippen molar-refractivity contribution in [1.82, 2.24) is 4.98 Å². The summed E-state index contributed by atoms with van der Waals surface area (Å²) in [5.74, 6) is 0.865. The first-order valence-corrected chi connectivity index (χ1v) is 6.68. The van der Waals surface area contributed by atoms with Gasteiger partial charge in [-0.2, -0.15) is 0 Å². The molecule has 0 spiro atoms. The van der Waals surface area contributed by atoms with E-state index in [9.17, 15) is 4.79 Å². The van der Waals surface area contributed by atoms with E-state index in [-0.39, 0.29) is 5.78 Å². The molecule has 1 unspecified atom stereocenters. The maximum absolute atomic E-state index is 12.6. The molecule has 0 saturated heterocycles. The molecule has 3 nitrogen and oxygen atoms in total. The number of fused-ring (bicyclic) bond motifs is 2. The summed E-state index contributed by atoms with van der Waals surface area (Å²) in [4.78, 5) is 15.8. The van der Waals surface area contributed by atoms with Crippen LogP contribution >= 0.6 is 0 Å². The highest BCUT2D eigenvalue weighted by atomic mass is 16.5. The molecule has 2 aromatic carbocycles. The van der Waals surface area contributed by atoms with Crippen molar-refractivity contribution in [2.24, 2.45) is 0 Å². The Morgan fingerprint density at radius 1 is 1.10 bits per heavy atom. The lowest BCUT2D eigenvalue weighted by atomic mass is 10.0. The molecule has 3 heteroatoms. The van der Waals surface area contributed by atoms with Gasteiger partial charge in [0.2, 0.25) is 5.78 Å². The molecule has 98 valence electrons. The standard InChI is InChI=1S/C17H13NO2/c19-17(13-10-18-14-7-3-2-6-12(13)14)16-9-11-5-1-4-8-15(11)20-16/h1-8,10,16,18H,9H2. The Morgan fingerprint density at radius 3 is 2.80 bits per heavy atom. The second kappa shape index (κ2) is 4.23. The normalized spacial score (nSPS) is 16.9. The number of aromatic nitrogens is 1. The number of nitrogens with one attached hydrogen (secondary N) is 1. The molecule has 3 aromatic rings. The lowest BCUT2D eigenvalue weighted by Gasteiger charge is -2.08. The zero-order valence-electron chi connectivity index (χ0n) is 10.8. The molecule has 1 aliphatic rings. The third kappa shape index (κ3) is 1.63. The topological polar surface area (TPSA) is 42.1 Å². The molecule has 2 heterocycles. The van der Waals surface area contributed by atoms with E-state index in [0.29, 0.717) is 12.0 Å². The van der Waals surface area contributed by atoms with Gasteiger partial charge in [0.1, 0.15) is 5.75 Å². The van der Waals surface area contributed by atoms with Gasteiger partial charge in [0, 0.05) is 29.1 Å². The molecule has 0 aliphatic carbocycles. The van der Waals surface area contributed by atoms with Crippen LogP contribution < -0.4 is 4.74 Å². The Balaban J connectivity index is 1.69. The highest BCUT2D eigenvalue weighted by Crippen LogP contribution is 2.30. The molecular formula is C17H13NO2. The van der Waals surface area contributed by atoms with E-state index in [4.69, 9.17) is 4.74 Å². The van der Waals surface area contributed by atoms with Crippen molar-refractivity contribution in [3.63, 3.8) is 0 Å². The molecule has 1 atom stereocenters. The van der Waals surface area contributed by atoms with Crippen molar-refractivity contribution in [2.75, 3.05) is 0 Å². The number of para-hydroxylation sites is 2. The molecule has 1 aliphatic heterocycles. The second-order valence-corrected chi connectivity index (χ2v) is 5.03. The molecular weight excluding hydrogens is 250 g/mol. The maximum atomic E-state index is 12.6. The maximum Gasteiger partial charge on any atom is 0.205 e. The number of benzene rings is 2. The third-order valence-electron chi connectivity index (χ3n) is 3.79. The molecule has 1 N–H and O–H groups in total. The van der Waals surface area contributed by atoms with E-state index in [2.05, 4.69) is 4.98 Å². The van der Waals surface area contributed by atoms with Gasteiger partial charge in [-0.25, -0.2) is 0 Å². The molecule has 0 amide bonds. The van der Waals surface area contributed by atoms with Crippen LogP contribution in [0, 0.1) is 0 Å². The van der Waals surface area contributed by atoms with Crippen molar-refractivity contribution in [2.45, 2.75) is 12.5 Å². The first-order valence-electron chi connectivity index (χ1n) is 6.68. The summed E-state index contributed by atoms with van der Waals surface area (Å²) in [6.07, 6.45) is 2.01. The van der Waals surface area contributed by atoms with Crippen LogP contribution in [0.5, 0.6) is 5.75 Å². The number of ether oxygens (including phenoxy) is 1. The number of hydrogen-bond acceptors (Lipinski definition) is 2. The SMILES string of the molecule is O=C(c1c[nH]c2ccccc12)C1Cc2ccccc2O1. The molecule has 0 fully saturated rings. The molecule has 0 bridgehead atoms. The van der Waals surface area contributed by atoms with E-state index >= 15 is 0 Å². The zero-order valence-corrected chi connectivity index (χ0v) is 10.8. The van der Waals surface area contributed by atoms with Gasteiger partial charge in [0.15, 0.2) is 6.10 Å². The monoisotopic (exact) mass is 263 g/mol. The van der Waals surface area contributed by atoms with Crippen LogP contribution in [0.3, 0.4) is 0 Å². The second-order valence-electron chi connectivity index (χ2n) is 5.03. The van der Waals surface area contributed by atoms with Crippen LogP contribution in [0.2, 0.25) is 0 Å². The third-order valence-corrected chi connectivity index (χ3v) is 3.79. The number of H-pyrrole nitrogens is 1. The van der Waals surface area contributed by atoms with Crippen LogP contribution in [-0.4, -0.2) is 16.9 Å². The average Bonchev–Trinajstić information content (AvgIpc) is 3.10. The van der Waals surface area contributed by atoms with Crippen LogP contribution in [0.1, 0.15) is 15.9 Å². The summed E-state index contributed by atoms with van der Waals surface area (Å²) in [6, 6.07) is 15.7. The molecule has 0 saturated carbocycles. The minimum absolute atomic E-state index is 0.0404. The van der Waals surface area contributed by atoms with E-state index < -0.39 is 6.10 Å². The van der Waals surface area contributed by atoms with Crippen LogP contribution in [0.4, 0.5) is 0 Å². The quantitative estimate of drug-likeness (QED) is 0.720. The fourth-order valence-electron chi connectivity index (χ4n) is 2.78. The predicted molar refractivity (Wildman–Crippen MR) is 77.2 cm³/mol. The van der Waals surface area contributed by atoms with Crippen molar-refractivity contribution < 1.29 is 9.53 Å². The largest absolute Gasteiger partial charge is 0.482 e. The highest BCUT2D eigenvalue weighted by molar-refractivity contribution is 6.10. The van der Waals surface area contributed by atoms with Gasteiger partial charge in [0.25, 0.3) is 0 Å². The molecule has 1 aromatic heterocycles. The molecule has 0 radical (unpaired) electrons.